The second kappa shape index (κ2) is 11.5. The number of carbonyl (C=O) groups is 5. The number of allylic oxidation sites excluding steroid dienone is 1. The van der Waals surface area contributed by atoms with E-state index in [1.54, 1.807) is 33.8 Å². The van der Waals surface area contributed by atoms with E-state index < -0.39 is 58.8 Å². The number of alkyl carbamates (subject to hydrolysis) is 1. The highest BCUT2D eigenvalue weighted by Crippen LogP contribution is 2.65. The molecule has 2 aliphatic rings. The van der Waals surface area contributed by atoms with E-state index in [0.29, 0.717) is 13.0 Å². The van der Waals surface area contributed by atoms with Crippen LogP contribution in [-0.2, 0) is 28.7 Å². The summed E-state index contributed by atoms with van der Waals surface area (Å²) in [6, 6.07) is -2.91. The third kappa shape index (κ3) is 7.14. The van der Waals surface area contributed by atoms with Gasteiger partial charge in [0.25, 0.3) is 5.78 Å². The molecule has 2 fully saturated rings. The van der Waals surface area contributed by atoms with Crippen molar-refractivity contribution in [2.24, 2.45) is 22.7 Å². The summed E-state index contributed by atoms with van der Waals surface area (Å²) in [5.41, 5.74) is -1.59. The molecule has 5 atom stereocenters. The van der Waals surface area contributed by atoms with E-state index in [2.05, 4.69) is 17.2 Å². The van der Waals surface area contributed by atoms with Crippen molar-refractivity contribution in [3.63, 3.8) is 0 Å². The Morgan fingerprint density at radius 3 is 2.18 bits per heavy atom. The van der Waals surface area contributed by atoms with Gasteiger partial charge in [0.1, 0.15) is 17.7 Å². The highest BCUT2D eigenvalue weighted by molar-refractivity contribution is 6.36. The number of rotatable bonds is 10. The average Bonchev–Trinajstić information content (AvgIpc) is 3.11. The molecular weight excluding hydrogens is 490 g/mol. The molecule has 0 bridgehead atoms. The van der Waals surface area contributed by atoms with Crippen LogP contribution in [0.4, 0.5) is 4.79 Å². The van der Waals surface area contributed by atoms with E-state index in [1.807, 2.05) is 34.6 Å². The Labute approximate surface area is 226 Å². The maximum Gasteiger partial charge on any atom is 0.408 e. The van der Waals surface area contributed by atoms with Gasteiger partial charge in [-0.15, -0.1) is 6.58 Å². The molecule has 1 aliphatic carbocycles. The van der Waals surface area contributed by atoms with Gasteiger partial charge >= 0.3 is 12.1 Å². The number of Topliss-reactive ketones (excluding diaryl/α,β-unsaturated/α-hetero) is 1. The van der Waals surface area contributed by atoms with Crippen LogP contribution >= 0.6 is 0 Å². The fourth-order valence-corrected chi connectivity index (χ4v) is 5.21. The fourth-order valence-electron chi connectivity index (χ4n) is 5.21. The number of fused-ring (bicyclic) bond motifs is 1. The highest BCUT2D eigenvalue weighted by Gasteiger charge is 2.70. The predicted octanol–water partition coefficient (Wildman–Crippen LogP) is 2.99. The molecule has 214 valence electrons. The Bertz CT molecular complexity index is 960. The molecule has 2 N–H and O–H groups in total. The number of piperidine rings is 1. The standard InChI is InChI=1S/C28H45N3O7/c1-11-13-14-17(20(32)24(35)37-12-2)29-22(33)19-18-16(28(18,9)10)15-31(19)23(34)21(26(3,4)5)30-25(36)38-27(6,7)8/h11,16-19,21H,1,12-15H2,2-10H3,(H,29,33)(H,30,36)/t16?,17?,18?,19-,21?/m0/s1. The van der Waals surface area contributed by atoms with E-state index in [9.17, 15) is 24.0 Å². The second-order valence-electron chi connectivity index (χ2n) is 12.8. The van der Waals surface area contributed by atoms with Crippen molar-refractivity contribution < 1.29 is 33.4 Å². The van der Waals surface area contributed by atoms with Gasteiger partial charge in [0, 0.05) is 6.54 Å². The maximum absolute atomic E-state index is 13.9. The minimum Gasteiger partial charge on any atom is -0.460 e. The Balaban J connectivity index is 2.33. The van der Waals surface area contributed by atoms with Gasteiger partial charge in [-0.3, -0.25) is 14.4 Å². The molecule has 2 rings (SSSR count). The number of nitrogens with one attached hydrogen (secondary N) is 2. The monoisotopic (exact) mass is 535 g/mol. The van der Waals surface area contributed by atoms with Gasteiger partial charge in [-0.25, -0.2) is 9.59 Å². The van der Waals surface area contributed by atoms with E-state index >= 15 is 0 Å². The summed E-state index contributed by atoms with van der Waals surface area (Å²) in [4.78, 5) is 66.5. The lowest BCUT2D eigenvalue weighted by atomic mass is 9.85. The predicted molar refractivity (Wildman–Crippen MR) is 142 cm³/mol. The van der Waals surface area contributed by atoms with Gasteiger partial charge in [0.05, 0.1) is 12.6 Å². The molecule has 38 heavy (non-hydrogen) atoms. The normalized spacial score (nSPS) is 23.4. The largest absolute Gasteiger partial charge is 0.460 e. The van der Waals surface area contributed by atoms with E-state index in [1.165, 1.54) is 4.90 Å². The van der Waals surface area contributed by atoms with E-state index in [0.717, 1.165) is 0 Å². The maximum atomic E-state index is 13.9. The smallest absolute Gasteiger partial charge is 0.408 e. The molecule has 1 aliphatic heterocycles. The van der Waals surface area contributed by atoms with Crippen LogP contribution < -0.4 is 10.6 Å². The average molecular weight is 536 g/mol. The van der Waals surface area contributed by atoms with Crippen LogP contribution in [0.25, 0.3) is 0 Å². The molecule has 10 nitrogen and oxygen atoms in total. The summed E-state index contributed by atoms with van der Waals surface area (Å²) in [7, 11) is 0. The quantitative estimate of drug-likeness (QED) is 0.250. The van der Waals surface area contributed by atoms with Crippen molar-refractivity contribution in [2.45, 2.75) is 98.9 Å². The first-order chi connectivity index (χ1) is 17.4. The Morgan fingerprint density at radius 1 is 1.08 bits per heavy atom. The molecular formula is C28H45N3O7. The molecule has 1 saturated carbocycles. The van der Waals surface area contributed by atoms with Gasteiger partial charge in [-0.2, -0.15) is 0 Å². The number of amides is 3. The molecule has 0 aromatic carbocycles. The molecule has 0 spiro atoms. The SMILES string of the molecule is C=CCCC(NC(=O)[C@@H]1C2C(CN1C(=O)C(NC(=O)OC(C)(C)C)C(C)(C)C)C2(C)C)C(=O)C(=O)OCC. The Kier molecular flexibility index (Phi) is 9.44. The van der Waals surface area contributed by atoms with Crippen LogP contribution in [0, 0.1) is 22.7 Å². The Hall–Kier alpha value is -2.91. The summed E-state index contributed by atoms with van der Waals surface area (Å²) in [6.07, 6.45) is 1.45. The van der Waals surface area contributed by atoms with Crippen molar-refractivity contribution >= 4 is 29.7 Å². The summed E-state index contributed by atoms with van der Waals surface area (Å²) < 4.78 is 10.2. The number of nitrogens with zero attached hydrogens (tertiary/aromatic N) is 1. The van der Waals surface area contributed by atoms with Gasteiger partial charge in [-0.1, -0.05) is 40.7 Å². The van der Waals surface area contributed by atoms with Crippen LogP contribution in [0.2, 0.25) is 0 Å². The zero-order valence-corrected chi connectivity index (χ0v) is 24.3. The molecule has 1 saturated heterocycles. The van der Waals surface area contributed by atoms with Crippen LogP contribution in [0.1, 0.15) is 75.2 Å². The summed E-state index contributed by atoms with van der Waals surface area (Å²) in [5, 5.41) is 5.42. The summed E-state index contributed by atoms with van der Waals surface area (Å²) in [6.45, 7) is 20.4. The number of esters is 1. The Morgan fingerprint density at radius 2 is 1.68 bits per heavy atom. The lowest BCUT2D eigenvalue weighted by molar-refractivity contribution is -0.155. The van der Waals surface area contributed by atoms with Crippen molar-refractivity contribution in [2.75, 3.05) is 13.2 Å². The second-order valence-corrected chi connectivity index (χ2v) is 12.8. The fraction of sp³-hybridized carbons (Fsp3) is 0.750. The molecule has 3 amide bonds. The van der Waals surface area contributed by atoms with Gasteiger partial charge in [-0.05, 0) is 63.2 Å². The summed E-state index contributed by atoms with van der Waals surface area (Å²) in [5.74, 6) is -2.79. The van der Waals surface area contributed by atoms with Crippen molar-refractivity contribution in [3.8, 4) is 0 Å². The van der Waals surface area contributed by atoms with Crippen molar-refractivity contribution in [1.82, 2.24) is 15.5 Å². The van der Waals surface area contributed by atoms with Crippen LogP contribution in [0.5, 0.6) is 0 Å². The van der Waals surface area contributed by atoms with Gasteiger partial charge in [0.2, 0.25) is 11.8 Å². The topological polar surface area (TPSA) is 131 Å². The molecule has 0 aromatic rings. The highest BCUT2D eigenvalue weighted by atomic mass is 16.6. The number of hydrogen-bond acceptors (Lipinski definition) is 7. The zero-order chi connectivity index (χ0) is 29.2. The molecule has 0 radical (unpaired) electrons. The number of ketones is 1. The first-order valence-corrected chi connectivity index (χ1v) is 13.3. The third-order valence-corrected chi connectivity index (χ3v) is 7.30. The van der Waals surface area contributed by atoms with E-state index in [-0.39, 0.29) is 30.3 Å². The minimum atomic E-state index is -1.10. The molecule has 0 aromatic heterocycles. The van der Waals surface area contributed by atoms with Gasteiger partial charge in [0.15, 0.2) is 0 Å². The van der Waals surface area contributed by atoms with Gasteiger partial charge < -0.3 is 25.0 Å². The lowest BCUT2D eigenvalue weighted by Gasteiger charge is -2.38. The first kappa shape index (κ1) is 31.3. The third-order valence-electron chi connectivity index (χ3n) is 7.30. The van der Waals surface area contributed by atoms with E-state index in [4.69, 9.17) is 9.47 Å². The number of likely N-dealkylation sites (tertiary alicyclic amines) is 1. The van der Waals surface area contributed by atoms with Crippen LogP contribution in [-0.4, -0.2) is 71.4 Å². The van der Waals surface area contributed by atoms with Crippen LogP contribution in [0.15, 0.2) is 12.7 Å². The number of hydrogen-bond donors (Lipinski definition) is 2. The van der Waals surface area contributed by atoms with Crippen LogP contribution in [0.3, 0.4) is 0 Å². The zero-order valence-electron chi connectivity index (χ0n) is 24.3. The first-order valence-electron chi connectivity index (χ1n) is 13.3. The van der Waals surface area contributed by atoms with Crippen molar-refractivity contribution in [1.29, 1.82) is 0 Å². The lowest BCUT2D eigenvalue weighted by Crippen LogP contribution is -2.60. The molecule has 4 unspecified atom stereocenters. The number of carbonyl (C=O) groups excluding carboxylic acids is 5. The summed E-state index contributed by atoms with van der Waals surface area (Å²) >= 11 is 0. The molecule has 10 heteroatoms. The van der Waals surface area contributed by atoms with Crippen molar-refractivity contribution in [3.05, 3.63) is 12.7 Å². The molecule has 1 heterocycles. The number of ether oxygens (including phenoxy) is 2. The minimum absolute atomic E-state index is 0.0361.